The van der Waals surface area contributed by atoms with E-state index in [1.807, 2.05) is 12.1 Å². The number of hydrogen-bond acceptors (Lipinski definition) is 5. The lowest BCUT2D eigenvalue weighted by molar-refractivity contribution is -0.766. The normalized spacial score (nSPS) is 22.4. The molecule has 0 saturated heterocycles. The van der Waals surface area contributed by atoms with Crippen LogP contribution in [-0.4, -0.2) is 59.8 Å². The van der Waals surface area contributed by atoms with E-state index in [9.17, 15) is 0 Å². The highest BCUT2D eigenvalue weighted by Crippen LogP contribution is 2.02. The van der Waals surface area contributed by atoms with Gasteiger partial charge in [0.25, 0.3) is 0 Å². The molecular weight excluding hydrogens is 356 g/mol. The molecule has 150 valence electrons. The van der Waals surface area contributed by atoms with Crippen molar-refractivity contribution < 1.29 is 23.8 Å². The van der Waals surface area contributed by atoms with E-state index in [2.05, 4.69) is 54.8 Å². The van der Waals surface area contributed by atoms with Gasteiger partial charge in [0.15, 0.2) is 0 Å². The zero-order chi connectivity index (χ0) is 19.4. The second kappa shape index (κ2) is 11.6. The van der Waals surface area contributed by atoms with Crippen molar-refractivity contribution in [2.24, 2.45) is 4.99 Å². The maximum absolute atomic E-state index is 5.94. The first-order valence-corrected chi connectivity index (χ1v) is 9.73. The minimum Gasteiger partial charge on any atom is -0.489 e. The van der Waals surface area contributed by atoms with Gasteiger partial charge in [-0.2, -0.15) is 0 Å². The number of fused-ring (bicyclic) bond motifs is 1. The molecular formula is C22H29N2O4+. The molecule has 2 aliphatic rings. The maximum atomic E-state index is 5.94. The summed E-state index contributed by atoms with van der Waals surface area (Å²) < 4.78 is 22.4. The number of nitrogens with one attached hydrogen (secondary N) is 1. The first kappa shape index (κ1) is 20.5. The van der Waals surface area contributed by atoms with E-state index in [0.29, 0.717) is 52.8 Å². The van der Waals surface area contributed by atoms with Crippen LogP contribution in [0.5, 0.6) is 5.75 Å². The van der Waals surface area contributed by atoms with Crippen LogP contribution in [0.15, 0.2) is 59.4 Å². The van der Waals surface area contributed by atoms with Crippen molar-refractivity contribution in [2.75, 3.05) is 59.8 Å². The van der Waals surface area contributed by atoms with Crippen molar-refractivity contribution in [1.29, 1.82) is 0 Å². The number of allylic oxidation sites excluding steroid dienone is 4. The van der Waals surface area contributed by atoms with Crippen LogP contribution in [0, 0.1) is 0 Å². The van der Waals surface area contributed by atoms with E-state index in [0.717, 1.165) is 16.3 Å². The number of rotatable bonds is 1. The molecule has 0 unspecified atom stereocenters. The molecule has 0 saturated carbocycles. The summed E-state index contributed by atoms with van der Waals surface area (Å²) in [6.07, 6.45) is 12.6. The predicted molar refractivity (Wildman–Crippen MR) is 108 cm³/mol. The third-order valence-electron chi connectivity index (χ3n) is 4.28. The molecule has 0 atom stereocenters. The fourth-order valence-corrected chi connectivity index (χ4v) is 2.73. The molecule has 1 aromatic carbocycles. The molecule has 0 aliphatic carbocycles. The molecule has 6 nitrogen and oxygen atoms in total. The number of ether oxygens (including phenoxy) is 4. The molecule has 1 aromatic rings. The summed E-state index contributed by atoms with van der Waals surface area (Å²) in [7, 11) is 2.09. The van der Waals surface area contributed by atoms with Crippen LogP contribution < -0.4 is 20.2 Å². The summed E-state index contributed by atoms with van der Waals surface area (Å²) >= 11 is 0. The third-order valence-corrected chi connectivity index (χ3v) is 4.28. The van der Waals surface area contributed by atoms with Crippen LogP contribution >= 0.6 is 0 Å². The average Bonchev–Trinajstić information content (AvgIpc) is 2.72. The second-order valence-corrected chi connectivity index (χ2v) is 6.54. The van der Waals surface area contributed by atoms with Crippen molar-refractivity contribution >= 4 is 6.08 Å². The molecule has 0 spiro atoms. The van der Waals surface area contributed by atoms with Crippen molar-refractivity contribution in [3.05, 3.63) is 65.0 Å². The van der Waals surface area contributed by atoms with Crippen LogP contribution in [0.2, 0.25) is 0 Å². The van der Waals surface area contributed by atoms with Crippen molar-refractivity contribution in [3.63, 3.8) is 0 Å². The smallest absolute Gasteiger partial charge is 0.145 e. The Morgan fingerprint density at radius 1 is 0.857 bits per heavy atom. The van der Waals surface area contributed by atoms with E-state index in [1.54, 1.807) is 0 Å². The summed E-state index contributed by atoms with van der Waals surface area (Å²) in [5, 5.41) is 1.90. The fourth-order valence-electron chi connectivity index (χ4n) is 2.73. The Hall–Kier alpha value is -2.25. The summed E-state index contributed by atoms with van der Waals surface area (Å²) in [6, 6.07) is 6.06. The monoisotopic (exact) mass is 385 g/mol. The average molecular weight is 385 g/mol. The largest absolute Gasteiger partial charge is 0.489 e. The Morgan fingerprint density at radius 3 is 2.29 bits per heavy atom. The van der Waals surface area contributed by atoms with Crippen molar-refractivity contribution in [3.8, 4) is 5.75 Å². The lowest BCUT2D eigenvalue weighted by atomic mass is 10.2. The Kier molecular flexibility index (Phi) is 8.46. The molecule has 0 aromatic heterocycles. The van der Waals surface area contributed by atoms with Crippen LogP contribution in [0.3, 0.4) is 0 Å². The summed E-state index contributed by atoms with van der Waals surface area (Å²) in [4.78, 5) is 5.87. The molecule has 0 bridgehead atoms. The number of benzene rings is 1. The molecule has 2 aliphatic heterocycles. The third kappa shape index (κ3) is 7.05. The Labute approximate surface area is 166 Å². The highest BCUT2D eigenvalue weighted by atomic mass is 16.6. The summed E-state index contributed by atoms with van der Waals surface area (Å²) in [5.41, 5.74) is 1.17. The van der Waals surface area contributed by atoms with Crippen molar-refractivity contribution in [1.82, 2.24) is 0 Å². The molecule has 2 heterocycles. The van der Waals surface area contributed by atoms with Crippen LogP contribution in [0.4, 0.5) is 0 Å². The minimum absolute atomic E-state index is 0.476. The van der Waals surface area contributed by atoms with Gasteiger partial charge in [0.05, 0.1) is 71.0 Å². The summed E-state index contributed by atoms with van der Waals surface area (Å²) in [6.45, 7) is 4.42. The van der Waals surface area contributed by atoms with Gasteiger partial charge in [-0.1, -0.05) is 18.2 Å². The topological polar surface area (TPSA) is 53.7 Å². The Bertz CT molecular complexity index is 813. The molecule has 1 N–H and O–H groups in total. The van der Waals surface area contributed by atoms with E-state index in [1.165, 1.54) is 10.5 Å². The standard InChI is InChI=1S/C22H28N2O4/c1-24-9-6-19(7-10-24)2-3-20-4-5-21-22(18-20)28-17-16-27-15-14-26-13-12-25-11-8-23-21/h2-7,9-10,18H,8,11-17H2,1H3/p+1. The second-order valence-electron chi connectivity index (χ2n) is 6.54. The zero-order valence-corrected chi connectivity index (χ0v) is 16.4. The minimum atomic E-state index is 0.476. The Balaban J connectivity index is 1.76. The van der Waals surface area contributed by atoms with Gasteiger partial charge in [0.2, 0.25) is 0 Å². The van der Waals surface area contributed by atoms with E-state index < -0.39 is 0 Å². The lowest BCUT2D eigenvalue weighted by Crippen LogP contribution is -2.99. The Morgan fingerprint density at radius 2 is 1.54 bits per heavy atom. The van der Waals surface area contributed by atoms with Gasteiger partial charge >= 0.3 is 0 Å². The first-order chi connectivity index (χ1) is 13.8. The zero-order valence-electron chi connectivity index (χ0n) is 16.4. The number of hydrogen-bond donors (Lipinski definition) is 1. The first-order valence-electron chi connectivity index (χ1n) is 9.73. The molecule has 28 heavy (non-hydrogen) atoms. The van der Waals surface area contributed by atoms with Gasteiger partial charge in [-0.3, -0.25) is 9.89 Å². The van der Waals surface area contributed by atoms with Crippen LogP contribution in [-0.2, 0) is 14.2 Å². The van der Waals surface area contributed by atoms with Crippen LogP contribution in [0.1, 0.15) is 0 Å². The van der Waals surface area contributed by atoms with Gasteiger partial charge in [-0.25, -0.2) is 0 Å². The van der Waals surface area contributed by atoms with E-state index in [-0.39, 0.29) is 0 Å². The molecule has 0 radical (unpaired) electrons. The van der Waals surface area contributed by atoms with Crippen molar-refractivity contribution in [2.45, 2.75) is 0 Å². The lowest BCUT2D eigenvalue weighted by Gasteiger charge is -2.08. The highest BCUT2D eigenvalue weighted by Gasteiger charge is 2.01. The number of nitrogens with zero attached hydrogens (tertiary/aromatic N) is 1. The predicted octanol–water partition coefficient (Wildman–Crippen LogP) is 0.0110. The molecule has 0 fully saturated rings. The fraction of sp³-hybridized carbons (Fsp3) is 0.409. The van der Waals surface area contributed by atoms with Crippen LogP contribution in [0.25, 0.3) is 6.08 Å². The van der Waals surface area contributed by atoms with Gasteiger partial charge < -0.3 is 18.9 Å². The molecule has 6 heteroatoms. The number of quaternary nitrogens is 1. The van der Waals surface area contributed by atoms with Gasteiger partial charge in [-0.05, 0) is 35.1 Å². The van der Waals surface area contributed by atoms with Gasteiger partial charge in [-0.15, -0.1) is 0 Å². The molecule has 0 amide bonds. The van der Waals surface area contributed by atoms with Gasteiger partial charge in [0, 0.05) is 0 Å². The maximum Gasteiger partial charge on any atom is 0.145 e. The summed E-state index contributed by atoms with van der Waals surface area (Å²) in [5.74, 6) is 0.765. The van der Waals surface area contributed by atoms with E-state index >= 15 is 0 Å². The SMILES string of the molecule is C[NH+]1C=CC(=CC=c2ccc3c(c2)OCCOCCOCCOCCN=3)C=C1. The quantitative estimate of drug-likeness (QED) is 0.740. The van der Waals surface area contributed by atoms with Gasteiger partial charge in [0.1, 0.15) is 12.4 Å². The molecule has 3 rings (SSSR count). The van der Waals surface area contributed by atoms with E-state index in [4.69, 9.17) is 18.9 Å². The highest BCUT2D eigenvalue weighted by molar-refractivity contribution is 5.47.